The second kappa shape index (κ2) is 6.18. The summed E-state index contributed by atoms with van der Waals surface area (Å²) >= 11 is 0. The third kappa shape index (κ3) is 2.78. The first-order valence-electron chi connectivity index (χ1n) is 7.92. The molecule has 1 aliphatic carbocycles. The van der Waals surface area contributed by atoms with Gasteiger partial charge < -0.3 is 14.7 Å². The number of amides is 1. The molecule has 3 rings (SSSR count). The summed E-state index contributed by atoms with van der Waals surface area (Å²) in [4.78, 5) is 25.9. The summed E-state index contributed by atoms with van der Waals surface area (Å²) in [7, 11) is 1.35. The number of carbonyl (C=O) groups is 2. The third-order valence-electron chi connectivity index (χ3n) is 5.01. The Labute approximate surface area is 134 Å². The number of methoxy groups -OCH3 is 1. The van der Waals surface area contributed by atoms with Gasteiger partial charge in [0.05, 0.1) is 7.11 Å². The summed E-state index contributed by atoms with van der Waals surface area (Å²) < 4.78 is 18.7. The van der Waals surface area contributed by atoms with Crippen LogP contribution in [0.25, 0.3) is 0 Å². The minimum absolute atomic E-state index is 0.0532. The number of rotatable bonds is 3. The van der Waals surface area contributed by atoms with Crippen LogP contribution in [-0.2, 0) is 4.79 Å². The van der Waals surface area contributed by atoms with Gasteiger partial charge in [-0.3, -0.25) is 4.79 Å². The van der Waals surface area contributed by atoms with Crippen molar-refractivity contribution in [3.05, 3.63) is 29.6 Å². The lowest BCUT2D eigenvalue weighted by Crippen LogP contribution is -2.46. The van der Waals surface area contributed by atoms with Gasteiger partial charge in [-0.2, -0.15) is 0 Å². The molecule has 2 aliphatic rings. The van der Waals surface area contributed by atoms with Crippen LogP contribution in [-0.4, -0.2) is 41.1 Å². The molecule has 1 aliphatic heterocycles. The molecule has 6 heteroatoms. The largest absolute Gasteiger partial charge is 0.494 e. The van der Waals surface area contributed by atoms with Crippen molar-refractivity contribution >= 4 is 11.9 Å². The van der Waals surface area contributed by atoms with E-state index in [-0.39, 0.29) is 23.3 Å². The molecule has 0 radical (unpaired) electrons. The van der Waals surface area contributed by atoms with Crippen molar-refractivity contribution in [3.8, 4) is 5.75 Å². The molecule has 5 nitrogen and oxygen atoms in total. The normalized spacial score (nSPS) is 26.7. The van der Waals surface area contributed by atoms with E-state index in [0.29, 0.717) is 6.42 Å². The summed E-state index contributed by atoms with van der Waals surface area (Å²) in [6.07, 6.45) is 4.33. The number of fused-ring (bicyclic) bond motifs is 1. The zero-order valence-electron chi connectivity index (χ0n) is 13.0. The lowest BCUT2D eigenvalue weighted by molar-refractivity contribution is -0.141. The molecular formula is C17H20FNO4. The summed E-state index contributed by atoms with van der Waals surface area (Å²) in [5.41, 5.74) is 0.167. The second-order valence-electron chi connectivity index (χ2n) is 6.26. The molecule has 1 aromatic carbocycles. The van der Waals surface area contributed by atoms with Gasteiger partial charge >= 0.3 is 5.97 Å². The van der Waals surface area contributed by atoms with Crippen LogP contribution < -0.4 is 4.74 Å². The summed E-state index contributed by atoms with van der Waals surface area (Å²) in [6.45, 7) is 0. The smallest absolute Gasteiger partial charge is 0.326 e. The van der Waals surface area contributed by atoms with E-state index in [4.69, 9.17) is 4.74 Å². The predicted molar refractivity (Wildman–Crippen MR) is 80.9 cm³/mol. The first kappa shape index (κ1) is 15.8. The summed E-state index contributed by atoms with van der Waals surface area (Å²) in [5.74, 6) is -1.72. The molecule has 0 unspecified atom stereocenters. The van der Waals surface area contributed by atoms with Gasteiger partial charge in [-0.1, -0.05) is 12.8 Å². The van der Waals surface area contributed by atoms with Crippen LogP contribution >= 0.6 is 0 Å². The highest BCUT2D eigenvalue weighted by Gasteiger charge is 2.47. The number of hydrogen-bond acceptors (Lipinski definition) is 3. The molecule has 1 N–H and O–H groups in total. The van der Waals surface area contributed by atoms with Crippen LogP contribution in [0.5, 0.6) is 5.75 Å². The number of carbonyl (C=O) groups excluding carboxylic acids is 1. The Kier molecular flexibility index (Phi) is 4.24. The van der Waals surface area contributed by atoms with Gasteiger partial charge in [-0.25, -0.2) is 9.18 Å². The Hall–Kier alpha value is -2.11. The van der Waals surface area contributed by atoms with E-state index in [2.05, 4.69) is 0 Å². The van der Waals surface area contributed by atoms with Crippen molar-refractivity contribution in [2.45, 2.75) is 44.2 Å². The number of nitrogens with zero attached hydrogens (tertiary/aromatic N) is 1. The van der Waals surface area contributed by atoms with Crippen molar-refractivity contribution in [2.24, 2.45) is 5.92 Å². The molecule has 1 saturated carbocycles. The van der Waals surface area contributed by atoms with E-state index in [0.717, 1.165) is 31.7 Å². The van der Waals surface area contributed by atoms with E-state index in [1.807, 2.05) is 0 Å². The minimum atomic E-state index is -0.985. The monoisotopic (exact) mass is 321 g/mol. The number of carboxylic acid groups (broad SMARTS) is 1. The number of carboxylic acids is 1. The van der Waals surface area contributed by atoms with E-state index >= 15 is 0 Å². The van der Waals surface area contributed by atoms with Gasteiger partial charge in [-0.05, 0) is 43.4 Å². The molecule has 1 amide bonds. The van der Waals surface area contributed by atoms with Crippen molar-refractivity contribution in [1.82, 2.24) is 4.90 Å². The highest BCUT2D eigenvalue weighted by molar-refractivity contribution is 5.97. The Morgan fingerprint density at radius 1 is 1.30 bits per heavy atom. The van der Waals surface area contributed by atoms with Crippen LogP contribution in [0.4, 0.5) is 4.39 Å². The molecule has 1 heterocycles. The third-order valence-corrected chi connectivity index (χ3v) is 5.01. The molecular weight excluding hydrogens is 301 g/mol. The molecule has 124 valence electrons. The molecule has 23 heavy (non-hydrogen) atoms. The van der Waals surface area contributed by atoms with Crippen molar-refractivity contribution < 1.29 is 23.8 Å². The Morgan fingerprint density at radius 3 is 2.70 bits per heavy atom. The topological polar surface area (TPSA) is 66.8 Å². The number of ether oxygens (including phenoxy) is 1. The number of benzene rings is 1. The van der Waals surface area contributed by atoms with Gasteiger partial charge in [0.15, 0.2) is 11.6 Å². The number of hydrogen-bond donors (Lipinski definition) is 1. The average molecular weight is 321 g/mol. The van der Waals surface area contributed by atoms with E-state index in [1.165, 1.54) is 24.1 Å². The van der Waals surface area contributed by atoms with Crippen molar-refractivity contribution in [1.29, 1.82) is 0 Å². The van der Waals surface area contributed by atoms with Gasteiger partial charge in [-0.15, -0.1) is 0 Å². The van der Waals surface area contributed by atoms with Gasteiger partial charge in [0.2, 0.25) is 0 Å². The van der Waals surface area contributed by atoms with Gasteiger partial charge in [0, 0.05) is 11.6 Å². The van der Waals surface area contributed by atoms with Gasteiger partial charge in [0.25, 0.3) is 5.91 Å². The lowest BCUT2D eigenvalue weighted by Gasteiger charge is -2.33. The fourth-order valence-corrected chi connectivity index (χ4v) is 3.92. The summed E-state index contributed by atoms with van der Waals surface area (Å²) in [6, 6.07) is 3.13. The molecule has 1 aromatic rings. The molecule has 1 saturated heterocycles. The Morgan fingerprint density at radius 2 is 2.04 bits per heavy atom. The Balaban J connectivity index is 1.92. The van der Waals surface area contributed by atoms with Crippen LogP contribution in [0.2, 0.25) is 0 Å². The fraction of sp³-hybridized carbons (Fsp3) is 0.529. The van der Waals surface area contributed by atoms with Crippen molar-refractivity contribution in [2.75, 3.05) is 7.11 Å². The second-order valence-corrected chi connectivity index (χ2v) is 6.26. The van der Waals surface area contributed by atoms with Gasteiger partial charge in [0.1, 0.15) is 6.04 Å². The number of aliphatic carboxylic acids is 1. The SMILES string of the molecule is COc1ccc(C(=O)N2[C@@H]3CCCC[C@@H]3C[C@H]2C(=O)O)cc1F. The first-order chi connectivity index (χ1) is 11.0. The maximum atomic E-state index is 13.9. The first-order valence-corrected chi connectivity index (χ1v) is 7.92. The molecule has 0 spiro atoms. The predicted octanol–water partition coefficient (Wildman–Crippen LogP) is 2.69. The fourth-order valence-electron chi connectivity index (χ4n) is 3.92. The standard InChI is InChI=1S/C17H20FNO4/c1-23-15-7-6-11(8-12(15)18)16(20)19-13-5-3-2-4-10(13)9-14(19)17(21)22/h6-8,10,13-14H,2-5,9H2,1H3,(H,21,22)/t10-,13-,14+/m1/s1. The van der Waals surface area contributed by atoms with Crippen LogP contribution in [0.15, 0.2) is 18.2 Å². The van der Waals surface area contributed by atoms with Crippen LogP contribution in [0.3, 0.4) is 0 Å². The highest BCUT2D eigenvalue weighted by atomic mass is 19.1. The zero-order valence-corrected chi connectivity index (χ0v) is 13.0. The minimum Gasteiger partial charge on any atom is -0.494 e. The van der Waals surface area contributed by atoms with Crippen LogP contribution in [0, 0.1) is 11.7 Å². The molecule has 2 fully saturated rings. The number of halogens is 1. The maximum Gasteiger partial charge on any atom is 0.326 e. The average Bonchev–Trinajstić information content (AvgIpc) is 2.93. The summed E-state index contributed by atoms with van der Waals surface area (Å²) in [5, 5.41) is 9.48. The Bertz CT molecular complexity index is 633. The van der Waals surface area contributed by atoms with E-state index in [1.54, 1.807) is 0 Å². The molecule has 0 bridgehead atoms. The maximum absolute atomic E-state index is 13.9. The number of likely N-dealkylation sites (tertiary alicyclic amines) is 1. The zero-order chi connectivity index (χ0) is 16.6. The van der Waals surface area contributed by atoms with E-state index < -0.39 is 23.7 Å². The highest BCUT2D eigenvalue weighted by Crippen LogP contribution is 2.40. The van der Waals surface area contributed by atoms with Crippen molar-refractivity contribution in [3.63, 3.8) is 0 Å². The lowest BCUT2D eigenvalue weighted by atomic mass is 9.84. The quantitative estimate of drug-likeness (QED) is 0.929. The molecule has 3 atom stereocenters. The van der Waals surface area contributed by atoms with E-state index in [9.17, 15) is 19.1 Å². The van der Waals surface area contributed by atoms with Crippen LogP contribution in [0.1, 0.15) is 42.5 Å². The molecule has 0 aromatic heterocycles.